The molecule has 0 N–H and O–H groups in total. The van der Waals surface area contributed by atoms with E-state index in [2.05, 4.69) is 0 Å². The molecule has 0 aliphatic carbocycles. The second kappa shape index (κ2) is 10.4. The summed E-state index contributed by atoms with van der Waals surface area (Å²) in [5, 5.41) is -0.0713. The first kappa shape index (κ1) is 23.3. The summed E-state index contributed by atoms with van der Waals surface area (Å²) in [6.45, 7) is 2.78. The Hall–Kier alpha value is -2.87. The zero-order valence-corrected chi connectivity index (χ0v) is 20.0. The van der Waals surface area contributed by atoms with Crippen molar-refractivity contribution in [1.29, 1.82) is 0 Å². The second-order valence-corrected chi connectivity index (χ2v) is 9.11. The standard InChI is InChI=1S/C25H19ClFNO3S2/c1-2-30-22-12-17(8-11-21(22)31-15-16-6-4-3-5-7-16)13-23-24(29)28(25(32)33-23)18-9-10-20(27)19(26)14-18/h3-14H,2,15H2,1H3/b23-13+. The molecule has 0 saturated carbocycles. The Morgan fingerprint density at radius 2 is 1.85 bits per heavy atom. The molecular weight excluding hydrogens is 481 g/mol. The first-order chi connectivity index (χ1) is 16.0. The van der Waals surface area contributed by atoms with Gasteiger partial charge in [-0.05, 0) is 54.5 Å². The number of carbonyl (C=O) groups is 1. The number of hydrogen-bond acceptors (Lipinski definition) is 5. The number of thiocarbonyl (C=S) groups is 1. The molecule has 4 nitrogen and oxygen atoms in total. The van der Waals surface area contributed by atoms with Crippen LogP contribution in [0.3, 0.4) is 0 Å². The first-order valence-corrected chi connectivity index (χ1v) is 11.7. The molecule has 0 spiro atoms. The third-order valence-corrected chi connectivity index (χ3v) is 6.35. The van der Waals surface area contributed by atoms with Gasteiger partial charge in [0.2, 0.25) is 0 Å². The predicted octanol–water partition coefficient (Wildman–Crippen LogP) is 6.86. The van der Waals surface area contributed by atoms with Crippen LogP contribution in [-0.2, 0) is 11.4 Å². The van der Waals surface area contributed by atoms with Crippen molar-refractivity contribution in [3.8, 4) is 11.5 Å². The minimum absolute atomic E-state index is 0.0713. The number of anilines is 1. The molecule has 168 valence electrons. The number of nitrogens with zero attached hydrogens (tertiary/aromatic N) is 1. The van der Waals surface area contributed by atoms with E-state index >= 15 is 0 Å². The number of halogens is 2. The molecule has 33 heavy (non-hydrogen) atoms. The predicted molar refractivity (Wildman–Crippen MR) is 135 cm³/mol. The van der Waals surface area contributed by atoms with E-state index in [9.17, 15) is 9.18 Å². The Bertz CT molecular complexity index is 1230. The number of amides is 1. The minimum Gasteiger partial charge on any atom is -0.490 e. The topological polar surface area (TPSA) is 38.8 Å². The first-order valence-electron chi connectivity index (χ1n) is 10.1. The minimum atomic E-state index is -0.556. The van der Waals surface area contributed by atoms with Crippen molar-refractivity contribution in [2.24, 2.45) is 0 Å². The van der Waals surface area contributed by atoms with Crippen molar-refractivity contribution in [3.63, 3.8) is 0 Å². The van der Waals surface area contributed by atoms with Gasteiger partial charge in [0, 0.05) is 0 Å². The highest BCUT2D eigenvalue weighted by molar-refractivity contribution is 8.27. The number of rotatable bonds is 7. The summed E-state index contributed by atoms with van der Waals surface area (Å²) in [5.41, 5.74) is 2.24. The van der Waals surface area contributed by atoms with Crippen LogP contribution in [0.1, 0.15) is 18.1 Å². The molecule has 0 radical (unpaired) electrons. The zero-order valence-electron chi connectivity index (χ0n) is 17.6. The lowest BCUT2D eigenvalue weighted by atomic mass is 10.1. The Labute approximate surface area is 206 Å². The van der Waals surface area contributed by atoms with Crippen molar-refractivity contribution in [2.45, 2.75) is 13.5 Å². The number of hydrogen-bond donors (Lipinski definition) is 0. The van der Waals surface area contributed by atoms with Crippen molar-refractivity contribution in [2.75, 3.05) is 11.5 Å². The normalized spacial score (nSPS) is 14.8. The van der Waals surface area contributed by atoms with E-state index in [4.69, 9.17) is 33.3 Å². The smallest absolute Gasteiger partial charge is 0.270 e. The van der Waals surface area contributed by atoms with Gasteiger partial charge in [0.1, 0.15) is 12.4 Å². The molecule has 1 amide bonds. The van der Waals surface area contributed by atoms with Crippen molar-refractivity contribution in [1.82, 2.24) is 0 Å². The van der Waals surface area contributed by atoms with E-state index in [1.807, 2.05) is 55.5 Å². The van der Waals surface area contributed by atoms with Crippen LogP contribution in [0.15, 0.2) is 71.6 Å². The van der Waals surface area contributed by atoms with Crippen LogP contribution in [-0.4, -0.2) is 16.8 Å². The van der Waals surface area contributed by atoms with Gasteiger partial charge in [-0.25, -0.2) is 4.39 Å². The fourth-order valence-electron chi connectivity index (χ4n) is 3.20. The van der Waals surface area contributed by atoms with Crippen LogP contribution < -0.4 is 14.4 Å². The maximum atomic E-state index is 13.5. The van der Waals surface area contributed by atoms with E-state index in [0.717, 1.165) is 11.1 Å². The van der Waals surface area contributed by atoms with E-state index < -0.39 is 5.82 Å². The second-order valence-electron chi connectivity index (χ2n) is 7.03. The van der Waals surface area contributed by atoms with Gasteiger partial charge in [0.15, 0.2) is 15.8 Å². The monoisotopic (exact) mass is 499 g/mol. The van der Waals surface area contributed by atoms with Gasteiger partial charge >= 0.3 is 0 Å². The van der Waals surface area contributed by atoms with Crippen molar-refractivity contribution >= 4 is 57.6 Å². The van der Waals surface area contributed by atoms with Gasteiger partial charge < -0.3 is 9.47 Å². The lowest BCUT2D eigenvalue weighted by Gasteiger charge is -2.15. The molecule has 1 aliphatic rings. The van der Waals surface area contributed by atoms with E-state index in [1.165, 1.54) is 34.9 Å². The molecule has 3 aromatic carbocycles. The van der Waals surface area contributed by atoms with E-state index in [0.29, 0.717) is 39.6 Å². The molecule has 1 fully saturated rings. The summed E-state index contributed by atoms with van der Waals surface area (Å²) in [6, 6.07) is 19.4. The fourth-order valence-corrected chi connectivity index (χ4v) is 4.68. The summed E-state index contributed by atoms with van der Waals surface area (Å²) in [7, 11) is 0. The van der Waals surface area contributed by atoms with Gasteiger partial charge in [0.05, 0.1) is 22.2 Å². The average molecular weight is 500 g/mol. The number of thioether (sulfide) groups is 1. The number of ether oxygens (including phenoxy) is 2. The summed E-state index contributed by atoms with van der Waals surface area (Å²) in [5.74, 6) is 0.351. The Kier molecular flexibility index (Phi) is 7.33. The summed E-state index contributed by atoms with van der Waals surface area (Å²) in [4.78, 5) is 14.8. The molecule has 1 saturated heterocycles. The molecule has 0 unspecified atom stereocenters. The van der Waals surface area contributed by atoms with Crippen molar-refractivity contribution < 1.29 is 18.7 Å². The van der Waals surface area contributed by atoms with E-state index in [-0.39, 0.29) is 10.9 Å². The lowest BCUT2D eigenvalue weighted by Crippen LogP contribution is -2.27. The molecule has 8 heteroatoms. The molecule has 1 aliphatic heterocycles. The van der Waals surface area contributed by atoms with Gasteiger partial charge in [-0.3, -0.25) is 9.69 Å². The third kappa shape index (κ3) is 5.38. The molecule has 1 heterocycles. The highest BCUT2D eigenvalue weighted by Crippen LogP contribution is 2.38. The Morgan fingerprint density at radius 1 is 1.06 bits per heavy atom. The van der Waals surface area contributed by atoms with Crippen LogP contribution >= 0.6 is 35.6 Å². The number of benzene rings is 3. The molecular formula is C25H19ClFNO3S2. The van der Waals surface area contributed by atoms with E-state index in [1.54, 1.807) is 6.08 Å². The van der Waals surface area contributed by atoms with Gasteiger partial charge in [-0.2, -0.15) is 0 Å². The SMILES string of the molecule is CCOc1cc(/C=C2/SC(=S)N(c3ccc(F)c(Cl)c3)C2=O)ccc1OCc1ccccc1. The summed E-state index contributed by atoms with van der Waals surface area (Å²) < 4.78 is 25.6. The molecule has 3 aromatic rings. The van der Waals surface area contributed by atoms with Crippen LogP contribution in [0.5, 0.6) is 11.5 Å². The van der Waals surface area contributed by atoms with Crippen LogP contribution in [0, 0.1) is 5.82 Å². The fraction of sp³-hybridized carbons (Fsp3) is 0.120. The van der Waals surface area contributed by atoms with Gasteiger partial charge in [-0.15, -0.1) is 0 Å². The zero-order chi connectivity index (χ0) is 23.4. The van der Waals surface area contributed by atoms with Gasteiger partial charge in [0.25, 0.3) is 5.91 Å². The Balaban J connectivity index is 1.56. The average Bonchev–Trinajstić information content (AvgIpc) is 3.09. The van der Waals surface area contributed by atoms with Crippen LogP contribution in [0.2, 0.25) is 5.02 Å². The van der Waals surface area contributed by atoms with Crippen LogP contribution in [0.4, 0.5) is 10.1 Å². The summed E-state index contributed by atoms with van der Waals surface area (Å²) >= 11 is 12.4. The number of carbonyl (C=O) groups excluding carboxylic acids is 1. The highest BCUT2D eigenvalue weighted by Gasteiger charge is 2.33. The maximum Gasteiger partial charge on any atom is 0.270 e. The summed E-state index contributed by atoms with van der Waals surface area (Å²) in [6.07, 6.45) is 1.74. The van der Waals surface area contributed by atoms with Crippen molar-refractivity contribution in [3.05, 3.63) is 93.6 Å². The molecule has 0 aromatic heterocycles. The molecule has 0 bridgehead atoms. The molecule has 0 atom stereocenters. The lowest BCUT2D eigenvalue weighted by molar-refractivity contribution is -0.113. The third-order valence-electron chi connectivity index (χ3n) is 4.76. The van der Waals surface area contributed by atoms with Gasteiger partial charge in [-0.1, -0.05) is 72.0 Å². The maximum absolute atomic E-state index is 13.5. The molecule has 4 rings (SSSR count). The Morgan fingerprint density at radius 3 is 2.58 bits per heavy atom. The van der Waals surface area contributed by atoms with Crippen LogP contribution in [0.25, 0.3) is 6.08 Å². The highest BCUT2D eigenvalue weighted by atomic mass is 35.5. The quantitative estimate of drug-likeness (QED) is 0.262. The largest absolute Gasteiger partial charge is 0.490 e.